The minimum Gasteiger partial charge on any atom is -0.726 e. The summed E-state index contributed by atoms with van der Waals surface area (Å²) in [7, 11) is -15.1. The standard InChI is InChI=1S/C33H56O16S3.3Na/c1-17(2)26(48-51(39,40)41)10-7-18(3)22-8-9-23-21-16-27(46-31-29(35)28(34)30(19(4)45-31)49-52(42,43)44)25-15-20(47-50(36,37)38)11-13-33(25,6)24(21)12-14-32(22,23)5;;;/h12,17-23,25-31,34-35H,7-11,13-16H2,1-6H3,(H,36,37,38)(H,39,40,41)(H,42,43,44);;;/q;3*+1/p-3/t18-,19?,20+,21+,22-,23+,25-,26+,27+,28?,29?,30-,31+,32-,33-;;;/m1.../s1. The van der Waals surface area contributed by atoms with Gasteiger partial charge in [-0.05, 0) is 111 Å². The fourth-order valence-corrected chi connectivity index (χ4v) is 12.4. The number of aliphatic hydroxyl groups excluding tert-OH is 2. The number of allylic oxidation sites excluding steroid dienone is 2. The molecule has 302 valence electrons. The predicted molar refractivity (Wildman–Crippen MR) is 179 cm³/mol. The van der Waals surface area contributed by atoms with Crippen LogP contribution in [0.5, 0.6) is 0 Å². The summed E-state index contributed by atoms with van der Waals surface area (Å²) in [5.74, 6) is 0.133. The zero-order chi connectivity index (χ0) is 38.8. The first kappa shape index (κ1) is 53.3. The van der Waals surface area contributed by atoms with Gasteiger partial charge in [-0.15, -0.1) is 0 Å². The number of hydrogen-bond donors (Lipinski definition) is 2. The third kappa shape index (κ3) is 12.4. The maximum absolute atomic E-state index is 11.6. The van der Waals surface area contributed by atoms with Crippen molar-refractivity contribution in [2.45, 2.75) is 148 Å². The summed E-state index contributed by atoms with van der Waals surface area (Å²) in [5.41, 5.74) is 0.582. The molecule has 1 aliphatic heterocycles. The Morgan fingerprint density at radius 1 is 0.855 bits per heavy atom. The van der Waals surface area contributed by atoms with Crippen LogP contribution in [0.15, 0.2) is 11.6 Å². The summed E-state index contributed by atoms with van der Waals surface area (Å²) in [6, 6.07) is 0. The van der Waals surface area contributed by atoms with Crippen LogP contribution in [0.3, 0.4) is 0 Å². The van der Waals surface area contributed by atoms with Gasteiger partial charge in [0, 0.05) is 0 Å². The third-order valence-corrected chi connectivity index (χ3v) is 14.6. The molecule has 5 rings (SSSR count). The molecule has 0 radical (unpaired) electrons. The maximum Gasteiger partial charge on any atom is 1.00 e. The molecule has 1 heterocycles. The van der Waals surface area contributed by atoms with Crippen molar-refractivity contribution in [1.29, 1.82) is 0 Å². The first-order chi connectivity index (χ1) is 23.8. The molecule has 3 saturated carbocycles. The molecule has 3 unspecified atom stereocenters. The second-order valence-corrected chi connectivity index (χ2v) is 19.6. The average molecular weight is 871 g/mol. The molecule has 15 atom stereocenters. The Hall–Kier alpha value is 2.19. The Kier molecular flexibility index (Phi) is 19.5. The van der Waals surface area contributed by atoms with E-state index in [-0.39, 0.29) is 136 Å². The van der Waals surface area contributed by atoms with Crippen molar-refractivity contribution in [2.24, 2.45) is 46.3 Å². The summed E-state index contributed by atoms with van der Waals surface area (Å²) in [6.45, 7) is 11.5. The van der Waals surface area contributed by atoms with Crippen LogP contribution in [0.2, 0.25) is 0 Å². The van der Waals surface area contributed by atoms with Gasteiger partial charge < -0.3 is 33.3 Å². The third-order valence-electron chi connectivity index (χ3n) is 13.2. The number of fused-ring (bicyclic) bond motifs is 5. The van der Waals surface area contributed by atoms with Crippen LogP contribution in [0.25, 0.3) is 0 Å². The molecule has 4 fully saturated rings. The quantitative estimate of drug-likeness (QED) is 0.0755. The Balaban J connectivity index is 0.00000348. The van der Waals surface area contributed by atoms with E-state index in [2.05, 4.69) is 31.0 Å². The molecule has 0 spiro atoms. The second kappa shape index (κ2) is 20.1. The Morgan fingerprint density at radius 2 is 1.47 bits per heavy atom. The molecule has 0 aromatic heterocycles. The van der Waals surface area contributed by atoms with Crippen LogP contribution in [0.4, 0.5) is 0 Å². The Bertz CT molecular complexity index is 1670. The van der Waals surface area contributed by atoms with Gasteiger partial charge in [0.05, 0.1) is 24.4 Å². The summed E-state index contributed by atoms with van der Waals surface area (Å²) in [5, 5.41) is 21.8. The van der Waals surface area contributed by atoms with Crippen molar-refractivity contribution in [3.63, 3.8) is 0 Å². The number of rotatable bonds is 13. The number of aliphatic hydroxyl groups is 2. The first-order valence-corrected chi connectivity index (χ1v) is 22.1. The van der Waals surface area contributed by atoms with Gasteiger partial charge in [-0.25, -0.2) is 25.3 Å². The van der Waals surface area contributed by atoms with Gasteiger partial charge in [0.15, 0.2) is 6.29 Å². The fourth-order valence-electron chi connectivity index (χ4n) is 10.7. The van der Waals surface area contributed by atoms with Crippen LogP contribution in [0.1, 0.15) is 99.3 Å². The van der Waals surface area contributed by atoms with Crippen LogP contribution in [0, 0.1) is 46.3 Å². The van der Waals surface area contributed by atoms with Crippen LogP contribution < -0.4 is 88.7 Å². The molecule has 0 amide bonds. The van der Waals surface area contributed by atoms with Crippen molar-refractivity contribution >= 4 is 31.2 Å². The largest absolute Gasteiger partial charge is 1.00 e. The van der Waals surface area contributed by atoms with E-state index in [0.29, 0.717) is 32.1 Å². The Morgan fingerprint density at radius 3 is 2.04 bits per heavy atom. The topological polar surface area (TPSA) is 258 Å². The van der Waals surface area contributed by atoms with E-state index >= 15 is 0 Å². The van der Waals surface area contributed by atoms with Gasteiger partial charge in [-0.2, -0.15) is 0 Å². The number of ether oxygens (including phenoxy) is 2. The van der Waals surface area contributed by atoms with E-state index in [1.807, 2.05) is 13.8 Å². The van der Waals surface area contributed by atoms with Crippen molar-refractivity contribution in [3.8, 4) is 0 Å². The molecule has 5 aliphatic rings. The van der Waals surface area contributed by atoms with E-state index in [4.69, 9.17) is 17.8 Å². The fraction of sp³-hybridized carbons (Fsp3) is 0.939. The molecule has 22 heteroatoms. The summed E-state index contributed by atoms with van der Waals surface area (Å²) in [4.78, 5) is 0. The molecular weight excluding hydrogens is 818 g/mol. The SMILES string of the molecule is CC1O[C@@H](O[C@H]2C[C@@H]3C(=CC[C@]4(C)[C@@H]([C@H](C)CC[C@H](OS(=O)(=O)[O-])C(C)C)CC[C@@H]34)[C@@]3(C)CC[C@H](OS(=O)(=O)[O-])C[C@H]23)C(O)C(O)[C@@H]1OS(=O)(=O)[O-].[Na+].[Na+].[Na+]. The predicted octanol–water partition coefficient (Wildman–Crippen LogP) is -6.35. The van der Waals surface area contributed by atoms with Gasteiger partial charge >= 0.3 is 88.7 Å². The van der Waals surface area contributed by atoms with E-state index in [1.54, 1.807) is 0 Å². The van der Waals surface area contributed by atoms with E-state index in [9.17, 15) is 49.1 Å². The smallest absolute Gasteiger partial charge is 0.726 e. The van der Waals surface area contributed by atoms with Crippen molar-refractivity contribution in [2.75, 3.05) is 0 Å². The summed E-state index contributed by atoms with van der Waals surface area (Å²) < 4.78 is 129. The minimum absolute atomic E-state index is 0. The molecule has 55 heavy (non-hydrogen) atoms. The van der Waals surface area contributed by atoms with Crippen molar-refractivity contribution in [1.82, 2.24) is 0 Å². The molecule has 0 aromatic carbocycles. The van der Waals surface area contributed by atoms with Gasteiger partial charge in [0.2, 0.25) is 31.2 Å². The van der Waals surface area contributed by atoms with Gasteiger partial charge in [-0.3, -0.25) is 12.5 Å². The zero-order valence-electron chi connectivity index (χ0n) is 33.4. The molecular formula is C33H53Na3O16S3. The molecule has 2 N–H and O–H groups in total. The van der Waals surface area contributed by atoms with Gasteiger partial charge in [0.1, 0.15) is 18.3 Å². The molecule has 0 aromatic rings. The van der Waals surface area contributed by atoms with Crippen LogP contribution in [-0.2, 0) is 53.2 Å². The number of hydrogen-bond acceptors (Lipinski definition) is 16. The normalized spacial score (nSPS) is 40.2. The molecule has 0 bridgehead atoms. The van der Waals surface area contributed by atoms with Gasteiger partial charge in [0.25, 0.3) is 0 Å². The monoisotopic (exact) mass is 870 g/mol. The maximum atomic E-state index is 11.6. The van der Waals surface area contributed by atoms with Crippen LogP contribution in [-0.4, -0.2) is 98.1 Å². The minimum atomic E-state index is -5.24. The molecule has 1 saturated heterocycles. The van der Waals surface area contributed by atoms with Gasteiger partial charge in [-0.1, -0.05) is 46.3 Å². The molecule has 16 nitrogen and oxygen atoms in total. The summed E-state index contributed by atoms with van der Waals surface area (Å²) in [6.07, 6.45) is -2.83. The van der Waals surface area contributed by atoms with E-state index in [0.717, 1.165) is 19.3 Å². The zero-order valence-corrected chi connectivity index (χ0v) is 41.8. The first-order valence-electron chi connectivity index (χ1n) is 18.1. The van der Waals surface area contributed by atoms with E-state index in [1.165, 1.54) is 12.5 Å². The Labute approximate surface area is 393 Å². The summed E-state index contributed by atoms with van der Waals surface area (Å²) >= 11 is 0. The van der Waals surface area contributed by atoms with Crippen molar-refractivity contribution < 1.29 is 160 Å². The van der Waals surface area contributed by atoms with Crippen LogP contribution >= 0.6 is 0 Å². The average Bonchev–Trinajstić information content (AvgIpc) is 3.36. The van der Waals surface area contributed by atoms with Crippen molar-refractivity contribution in [3.05, 3.63) is 11.6 Å². The molecule has 4 aliphatic carbocycles. The second-order valence-electron chi connectivity index (χ2n) is 16.6. The van der Waals surface area contributed by atoms with E-state index < -0.39 is 85.6 Å².